The molecule has 0 spiro atoms. The van der Waals surface area contributed by atoms with Gasteiger partial charge in [0.15, 0.2) is 37.7 Å². The Morgan fingerprint density at radius 2 is 0.402 bits per heavy atom. The predicted molar refractivity (Wildman–Crippen MR) is 434 cm³/mol. The van der Waals surface area contributed by atoms with Crippen LogP contribution in [0, 0.1) is 5.92 Å². The second-order valence-electron chi connectivity index (χ2n) is 40.2. The van der Waals surface area contributed by atoms with Crippen LogP contribution in [-0.2, 0) is 157 Å². The Morgan fingerprint density at radius 1 is 0.220 bits per heavy atom. The Hall–Kier alpha value is -5.23. The van der Waals surface area contributed by atoms with Crippen molar-refractivity contribution in [1.82, 2.24) is 0 Å². The Morgan fingerprint density at radius 3 is 0.614 bits per heavy atom. The van der Waals surface area contributed by atoms with Crippen LogP contribution in [0.15, 0.2) is 0 Å². The third kappa shape index (κ3) is 33.5. The zero-order chi connectivity index (χ0) is 98.7. The molecule has 21 rings (SSSR count). The molecule has 0 aromatic rings. The van der Waals surface area contributed by atoms with Gasteiger partial charge in [-0.1, -0.05) is 0 Å². The summed E-state index contributed by atoms with van der Waals surface area (Å²) in [5, 5.41) is 174. The van der Waals surface area contributed by atoms with E-state index < -0.39 is 388 Å². The summed E-state index contributed by atoms with van der Waals surface area (Å²) in [5.41, 5.74) is -7.64. The molecule has 14 N–H and O–H groups in total. The minimum Gasteiger partial charge on any atom is -0.458 e. The van der Waals surface area contributed by atoms with Gasteiger partial charge in [-0.3, -0.25) is 0 Å². The van der Waals surface area contributed by atoms with Gasteiger partial charge >= 0.3 is 42.0 Å². The van der Waals surface area contributed by atoms with Crippen LogP contribution in [0.5, 0.6) is 0 Å². The van der Waals surface area contributed by atoms with E-state index in [4.69, 9.17) is 128 Å². The number of carbonyl (C=O) groups is 7. The molecule has 21 fully saturated rings. The summed E-state index contributed by atoms with van der Waals surface area (Å²) in [6.45, 7) is 21.5. The minimum absolute atomic E-state index is 0.570. The summed E-state index contributed by atoms with van der Waals surface area (Å²) < 4.78 is 160. The monoisotopic (exact) mass is 1920 g/mol. The average molecular weight is 1920 g/mol. The van der Waals surface area contributed by atoms with Crippen LogP contribution in [0.3, 0.4) is 0 Å². The summed E-state index contributed by atoms with van der Waals surface area (Å²) in [6.07, 6.45) is -75.9. The number of ether oxygens (including phenoxy) is 27. The third-order valence-corrected chi connectivity index (χ3v) is 20.3. The molecular formula is C84H140O48. The first-order chi connectivity index (χ1) is 60.9. The maximum absolute atomic E-state index is 13.4. The van der Waals surface area contributed by atoms with Crippen molar-refractivity contribution in [3.05, 3.63) is 0 Å². The van der Waals surface area contributed by atoms with Crippen LogP contribution in [0.25, 0.3) is 0 Å². The van der Waals surface area contributed by atoms with E-state index in [2.05, 4.69) is 0 Å². The van der Waals surface area contributed by atoms with Crippen molar-refractivity contribution in [2.24, 2.45) is 5.92 Å². The number of aliphatic hydroxyl groups is 14. The van der Waals surface area contributed by atoms with Gasteiger partial charge in [-0.05, 0) is 152 Å². The molecule has 35 atom stereocenters. The first-order valence-corrected chi connectivity index (χ1v) is 43.6. The van der Waals surface area contributed by atoms with E-state index in [9.17, 15) is 105 Å². The van der Waals surface area contributed by atoms with Crippen molar-refractivity contribution in [3.63, 3.8) is 0 Å². The largest absolute Gasteiger partial charge is 0.508 e. The first-order valence-electron chi connectivity index (χ1n) is 43.6. The van der Waals surface area contributed by atoms with E-state index in [1.54, 1.807) is 125 Å². The lowest BCUT2D eigenvalue weighted by Gasteiger charge is -2.50. The lowest BCUT2D eigenvalue weighted by molar-refractivity contribution is -0.397. The quantitative estimate of drug-likeness (QED) is 0.0287. The number of hydrogen-bond donors (Lipinski definition) is 14. The number of carbonyl (C=O) groups excluding carboxylic acids is 7. The minimum atomic E-state index is -2.44. The standard InChI is InChI=1S/C84H140O48/c1-78(2,3)126-44(85)30-106-23-36-22-37-50(91)51(92)64(36)120-71-59(100)53(94)66(39(115-71)25-108-32-46(87)128-80(7,8)9)122-73-61(102)55(96)69(42(117-73)28-111-35-49(90)131-83(16,17)18)124-76-63(104)57(98)70(43(119-76)29-112-77(105)132-84(19,20)21)125-75-62(103)56(97)68(41(118-75)27-110-34-48(89)130-82(13,14)15)123-74-60(101)54(95)67(40(116-74)26-109-33-47(88)129-81(10,11)12)121-72-58(99)52(93)65(113-37)38(114-72)24-107-31-45(86)127-79(4,5)6/h36-43,50-76,91-104H,22-35H2,1-21H3. The van der Waals surface area contributed by atoms with E-state index in [0.717, 1.165) is 0 Å². The second kappa shape index (κ2) is 47.2. The van der Waals surface area contributed by atoms with Crippen molar-refractivity contribution < 1.29 is 233 Å². The van der Waals surface area contributed by atoms with Crippen molar-refractivity contribution in [1.29, 1.82) is 0 Å². The maximum atomic E-state index is 13.4. The molecule has 1 aliphatic carbocycles. The molecule has 0 aromatic carbocycles. The molecule has 0 aromatic heterocycles. The van der Waals surface area contributed by atoms with E-state index in [-0.39, 0.29) is 0 Å². The van der Waals surface area contributed by atoms with Crippen LogP contribution in [0.2, 0.25) is 0 Å². The summed E-state index contributed by atoms with van der Waals surface area (Å²) in [6, 6.07) is 0. The maximum Gasteiger partial charge on any atom is 0.508 e. The molecule has 21 aliphatic rings. The molecule has 20 aliphatic heterocycles. The number of aliphatic hydroxyl groups excluding tert-OH is 14. The molecule has 0 amide bonds. The van der Waals surface area contributed by atoms with Gasteiger partial charge in [0.25, 0.3) is 0 Å². The highest BCUT2D eigenvalue weighted by atomic mass is 16.8. The molecule has 14 bridgehead atoms. The molecule has 48 heteroatoms. The number of hydrogen-bond acceptors (Lipinski definition) is 48. The lowest BCUT2D eigenvalue weighted by Crippen LogP contribution is -2.68. The van der Waals surface area contributed by atoms with Gasteiger partial charge in [0.1, 0.15) is 244 Å². The molecule has 132 heavy (non-hydrogen) atoms. The SMILES string of the molecule is CC(C)(C)OC(=O)COCC1CC2OC3C(COCC(=O)OC(C)(C)C)OC(OC4C(COCC(=O)OC(C)(C)C)OC(OC5C(COCC(=O)OC(C)(C)C)OC(OC6C(COC(=O)OC(C)(C)C)OC(OC7C(COCC(=O)OC(C)(C)C)OC(OC8C(COCC(=O)OC(C)(C)C)OC(OC1C(O)C2O)C(O)C8O)C(O)C7O)C(O)C6O)C(O)C5O)C(O)C4O)C(O)C3O. The predicted octanol–water partition coefficient (Wildman–Crippen LogP) is -4.41. The van der Waals surface area contributed by atoms with Crippen LogP contribution in [0.4, 0.5) is 4.79 Å². The summed E-state index contributed by atoms with van der Waals surface area (Å²) in [4.78, 5) is 92.9. The Kier molecular flexibility index (Phi) is 40.0. The van der Waals surface area contributed by atoms with Gasteiger partial charge in [0, 0.05) is 5.92 Å². The van der Waals surface area contributed by atoms with E-state index in [1.165, 1.54) is 20.8 Å². The van der Waals surface area contributed by atoms with Gasteiger partial charge in [-0.25, -0.2) is 33.6 Å². The zero-order valence-corrected chi connectivity index (χ0v) is 78.2. The van der Waals surface area contributed by atoms with Crippen LogP contribution >= 0.6 is 0 Å². The van der Waals surface area contributed by atoms with E-state index >= 15 is 0 Å². The molecule has 20 heterocycles. The van der Waals surface area contributed by atoms with Gasteiger partial charge in [-0.15, -0.1) is 0 Å². The summed E-state index contributed by atoms with van der Waals surface area (Å²) in [5.74, 6) is -7.01. The second-order valence-corrected chi connectivity index (χ2v) is 40.2. The lowest BCUT2D eigenvalue weighted by atomic mass is 9.80. The molecule has 20 saturated heterocycles. The number of rotatable bonds is 26. The first kappa shape index (κ1) is 112. The fourth-order valence-electron chi connectivity index (χ4n) is 15.0. The summed E-state index contributed by atoms with van der Waals surface area (Å²) in [7, 11) is 0. The van der Waals surface area contributed by atoms with Gasteiger partial charge in [-0.2, -0.15) is 0 Å². The van der Waals surface area contributed by atoms with Gasteiger partial charge in [0.05, 0.1) is 51.8 Å². The van der Waals surface area contributed by atoms with Crippen molar-refractivity contribution in [3.8, 4) is 0 Å². The van der Waals surface area contributed by atoms with E-state index in [1.807, 2.05) is 0 Å². The highest BCUT2D eigenvalue weighted by Gasteiger charge is 2.61. The number of esters is 6. The Bertz CT molecular complexity index is 3510. The third-order valence-electron chi connectivity index (χ3n) is 20.3. The van der Waals surface area contributed by atoms with Gasteiger partial charge < -0.3 is 199 Å². The van der Waals surface area contributed by atoms with Crippen molar-refractivity contribution in [2.45, 2.75) is 400 Å². The van der Waals surface area contributed by atoms with Crippen molar-refractivity contribution >= 4 is 42.0 Å². The smallest absolute Gasteiger partial charge is 0.458 e. The van der Waals surface area contributed by atoms with Gasteiger partial charge in [0.2, 0.25) is 0 Å². The topological polar surface area (TPSA) is 652 Å². The Labute approximate surface area is 763 Å². The molecule has 48 nitrogen and oxygen atoms in total. The average Bonchev–Trinajstić information content (AvgIpc) is 0.796. The fraction of sp³-hybridized carbons (Fsp3) is 0.917. The summed E-state index contributed by atoms with van der Waals surface area (Å²) >= 11 is 0. The zero-order valence-electron chi connectivity index (χ0n) is 78.2. The Balaban J connectivity index is 1.27. The van der Waals surface area contributed by atoms with Crippen LogP contribution < -0.4 is 0 Å². The molecule has 0 radical (unpaired) electrons. The highest BCUT2D eigenvalue weighted by Crippen LogP contribution is 2.42. The highest BCUT2D eigenvalue weighted by molar-refractivity contribution is 5.73. The normalized spacial score (nSPS) is 37.8. The fourth-order valence-corrected chi connectivity index (χ4v) is 15.0. The van der Waals surface area contributed by atoms with Crippen molar-refractivity contribution in [2.75, 3.05) is 85.9 Å². The molecular weight excluding hydrogens is 1780 g/mol. The van der Waals surface area contributed by atoms with Crippen LogP contribution in [-0.4, -0.2) is 447 Å². The molecule has 764 valence electrons. The van der Waals surface area contributed by atoms with Crippen LogP contribution in [0.1, 0.15) is 152 Å². The van der Waals surface area contributed by atoms with E-state index in [0.29, 0.717) is 0 Å². The molecule has 1 saturated carbocycles. The molecule has 35 unspecified atom stereocenters.